The zero-order valence-corrected chi connectivity index (χ0v) is 8.49. The second-order valence-electron chi connectivity index (χ2n) is 3.16. The third-order valence-electron chi connectivity index (χ3n) is 2.24. The molecule has 1 amide bonds. The van der Waals surface area contributed by atoms with E-state index >= 15 is 0 Å². The summed E-state index contributed by atoms with van der Waals surface area (Å²) in [5, 5.41) is 8.82. The van der Waals surface area contributed by atoms with E-state index in [1.54, 1.807) is 0 Å². The van der Waals surface area contributed by atoms with Crippen LogP contribution in [0.2, 0.25) is 0 Å². The van der Waals surface area contributed by atoms with Gasteiger partial charge in [-0.3, -0.25) is 4.79 Å². The van der Waals surface area contributed by atoms with Crippen LogP contribution in [0.3, 0.4) is 0 Å². The van der Waals surface area contributed by atoms with Gasteiger partial charge >= 0.3 is 5.97 Å². The van der Waals surface area contributed by atoms with Crippen molar-refractivity contribution < 1.29 is 14.7 Å². The fourth-order valence-electron chi connectivity index (χ4n) is 1.51. The Morgan fingerprint density at radius 1 is 1.57 bits per heavy atom. The van der Waals surface area contributed by atoms with E-state index in [0.717, 1.165) is 0 Å². The van der Waals surface area contributed by atoms with Crippen LogP contribution in [0.15, 0.2) is 4.51 Å². The number of nitrogens with zero attached hydrogens (tertiary/aromatic N) is 2. The van der Waals surface area contributed by atoms with E-state index in [2.05, 4.69) is 4.51 Å². The number of rotatable bonds is 2. The third kappa shape index (κ3) is 2.04. The van der Waals surface area contributed by atoms with Crippen LogP contribution in [0.4, 0.5) is 0 Å². The summed E-state index contributed by atoms with van der Waals surface area (Å²) in [7, 11) is 0. The highest BCUT2D eigenvalue weighted by Gasteiger charge is 2.34. The molecule has 0 radical (unpaired) electrons. The SMILES string of the molecule is C/C(=N\Cl)C(=O)N1CCC[C@H]1C(=O)O. The fourth-order valence-corrected chi connectivity index (χ4v) is 1.58. The van der Waals surface area contributed by atoms with E-state index in [0.29, 0.717) is 19.4 Å². The van der Waals surface area contributed by atoms with Crippen LogP contribution in [0.1, 0.15) is 19.8 Å². The molecule has 0 aromatic rings. The van der Waals surface area contributed by atoms with Gasteiger partial charge in [0.05, 0.1) is 0 Å². The zero-order valence-electron chi connectivity index (χ0n) is 7.73. The van der Waals surface area contributed by atoms with Crippen molar-refractivity contribution in [1.29, 1.82) is 0 Å². The number of hydrogen-bond acceptors (Lipinski definition) is 3. The molecule has 78 valence electrons. The Labute approximate surface area is 86.5 Å². The maximum absolute atomic E-state index is 11.5. The maximum Gasteiger partial charge on any atom is 0.326 e. The van der Waals surface area contributed by atoms with E-state index in [-0.39, 0.29) is 5.71 Å². The molecule has 1 atom stereocenters. The van der Waals surface area contributed by atoms with Gasteiger partial charge in [0.15, 0.2) is 0 Å². The average molecular weight is 219 g/mol. The van der Waals surface area contributed by atoms with Gasteiger partial charge in [0.1, 0.15) is 11.8 Å². The summed E-state index contributed by atoms with van der Waals surface area (Å²) in [5.41, 5.74) is 0.125. The first-order chi connectivity index (χ1) is 6.57. The van der Waals surface area contributed by atoms with Crippen molar-refractivity contribution >= 4 is 29.4 Å². The summed E-state index contributed by atoms with van der Waals surface area (Å²) in [4.78, 5) is 23.6. The maximum atomic E-state index is 11.5. The van der Waals surface area contributed by atoms with E-state index in [9.17, 15) is 9.59 Å². The van der Waals surface area contributed by atoms with Crippen molar-refractivity contribution in [3.63, 3.8) is 0 Å². The molecule has 0 unspecified atom stereocenters. The van der Waals surface area contributed by atoms with Gasteiger partial charge in [-0.15, -0.1) is 0 Å². The lowest BCUT2D eigenvalue weighted by Gasteiger charge is -2.20. The average Bonchev–Trinajstić information content (AvgIpc) is 2.63. The van der Waals surface area contributed by atoms with Crippen molar-refractivity contribution in [2.75, 3.05) is 6.54 Å². The van der Waals surface area contributed by atoms with Crippen molar-refractivity contribution in [3.8, 4) is 0 Å². The fraction of sp³-hybridized carbons (Fsp3) is 0.625. The first-order valence-electron chi connectivity index (χ1n) is 4.27. The minimum absolute atomic E-state index is 0.125. The zero-order chi connectivity index (χ0) is 10.7. The minimum Gasteiger partial charge on any atom is -0.480 e. The molecule has 5 nitrogen and oxygen atoms in total. The van der Waals surface area contributed by atoms with Crippen molar-refractivity contribution in [2.24, 2.45) is 4.51 Å². The molecule has 1 aliphatic rings. The van der Waals surface area contributed by atoms with Crippen molar-refractivity contribution in [1.82, 2.24) is 4.90 Å². The quantitative estimate of drug-likeness (QED) is 0.693. The second kappa shape index (κ2) is 4.41. The molecule has 0 bridgehead atoms. The van der Waals surface area contributed by atoms with E-state index in [1.165, 1.54) is 11.8 Å². The van der Waals surface area contributed by atoms with Crippen molar-refractivity contribution in [3.05, 3.63) is 0 Å². The predicted octanol–water partition coefficient (Wildman–Crippen LogP) is 0.677. The number of hydrogen-bond donors (Lipinski definition) is 1. The summed E-state index contributed by atoms with van der Waals surface area (Å²) < 4.78 is 3.23. The molecule has 14 heavy (non-hydrogen) atoms. The molecule has 1 rings (SSSR count). The van der Waals surface area contributed by atoms with Crippen LogP contribution in [0.25, 0.3) is 0 Å². The highest BCUT2D eigenvalue weighted by atomic mass is 35.5. The number of carboxylic acids is 1. The first kappa shape index (κ1) is 11.0. The molecular formula is C8H11ClN2O3. The Balaban J connectivity index is 2.77. The molecule has 0 saturated carbocycles. The number of carbonyl (C=O) groups is 2. The largest absolute Gasteiger partial charge is 0.480 e. The van der Waals surface area contributed by atoms with Gasteiger partial charge in [-0.1, -0.05) is 0 Å². The lowest BCUT2D eigenvalue weighted by atomic mass is 10.2. The van der Waals surface area contributed by atoms with Crippen LogP contribution in [-0.4, -0.2) is 40.2 Å². The topological polar surface area (TPSA) is 70.0 Å². The van der Waals surface area contributed by atoms with Gasteiger partial charge in [-0.25, -0.2) is 4.79 Å². The van der Waals surface area contributed by atoms with E-state index in [4.69, 9.17) is 16.9 Å². The molecule has 1 saturated heterocycles. The van der Waals surface area contributed by atoms with Crippen LogP contribution < -0.4 is 0 Å². The summed E-state index contributed by atoms with van der Waals surface area (Å²) in [5.74, 6) is -1.37. The number of carbonyl (C=O) groups excluding carboxylic acids is 1. The third-order valence-corrected chi connectivity index (χ3v) is 2.49. The molecule has 1 N–H and O–H groups in total. The molecule has 0 spiro atoms. The smallest absolute Gasteiger partial charge is 0.326 e. The summed E-state index contributed by atoms with van der Waals surface area (Å²) >= 11 is 5.15. The number of aliphatic carboxylic acids is 1. The Morgan fingerprint density at radius 3 is 2.71 bits per heavy atom. The van der Waals surface area contributed by atoms with Crippen LogP contribution in [0.5, 0.6) is 0 Å². The van der Waals surface area contributed by atoms with Gasteiger partial charge in [-0.05, 0) is 19.8 Å². The molecule has 6 heteroatoms. The lowest BCUT2D eigenvalue weighted by Crippen LogP contribution is -2.43. The summed E-state index contributed by atoms with van der Waals surface area (Å²) in [6, 6.07) is -0.726. The van der Waals surface area contributed by atoms with E-state index in [1.807, 2.05) is 0 Å². The summed E-state index contributed by atoms with van der Waals surface area (Å²) in [6.45, 7) is 1.92. The number of amides is 1. The monoisotopic (exact) mass is 218 g/mol. The molecule has 0 aliphatic carbocycles. The molecule has 1 heterocycles. The predicted molar refractivity (Wildman–Crippen MR) is 51.3 cm³/mol. The number of carboxylic acid groups (broad SMARTS) is 1. The first-order valence-corrected chi connectivity index (χ1v) is 4.61. The van der Waals surface area contributed by atoms with E-state index < -0.39 is 17.9 Å². The van der Waals surface area contributed by atoms with Crippen LogP contribution >= 0.6 is 11.8 Å². The van der Waals surface area contributed by atoms with Gasteiger partial charge in [0.2, 0.25) is 0 Å². The summed E-state index contributed by atoms with van der Waals surface area (Å²) in [6.07, 6.45) is 1.20. The second-order valence-corrected chi connectivity index (χ2v) is 3.33. The Morgan fingerprint density at radius 2 is 2.21 bits per heavy atom. The van der Waals surface area contributed by atoms with Crippen LogP contribution in [-0.2, 0) is 9.59 Å². The molecule has 1 aliphatic heterocycles. The highest BCUT2D eigenvalue weighted by Crippen LogP contribution is 2.17. The normalized spacial score (nSPS) is 22.6. The standard InChI is InChI=1S/C8H11ClN2O3/c1-5(10-9)7(12)11-4-2-3-6(11)8(13)14/h6H,2-4H2,1H3,(H,13,14)/b10-5+/t6-/m0/s1. The molecule has 0 aromatic carbocycles. The highest BCUT2D eigenvalue weighted by molar-refractivity contribution is 6.42. The lowest BCUT2D eigenvalue weighted by molar-refractivity contribution is -0.146. The van der Waals surface area contributed by atoms with Gasteiger partial charge < -0.3 is 10.0 Å². The molecule has 1 fully saturated rings. The Kier molecular flexibility index (Phi) is 3.46. The Hall–Kier alpha value is -1.10. The number of likely N-dealkylation sites (tertiary alicyclic amines) is 1. The van der Waals surface area contributed by atoms with Crippen LogP contribution in [0, 0.1) is 0 Å². The van der Waals surface area contributed by atoms with Gasteiger partial charge in [0.25, 0.3) is 5.91 Å². The van der Waals surface area contributed by atoms with Crippen molar-refractivity contribution in [2.45, 2.75) is 25.8 Å². The van der Waals surface area contributed by atoms with Gasteiger partial charge in [-0.2, -0.15) is 4.51 Å². The Bertz CT molecular complexity index is 290. The van der Waals surface area contributed by atoms with Gasteiger partial charge in [0, 0.05) is 18.3 Å². The minimum atomic E-state index is -0.974. The molecular weight excluding hydrogens is 208 g/mol. The number of halogens is 1. The molecule has 0 aromatic heterocycles.